The fourth-order valence-electron chi connectivity index (χ4n) is 1.58. The largest absolute Gasteiger partial charge is 0.373 e. The van der Waals surface area contributed by atoms with E-state index in [-0.39, 0.29) is 0 Å². The molecule has 1 aromatic heterocycles. The van der Waals surface area contributed by atoms with Crippen molar-refractivity contribution < 1.29 is 0 Å². The van der Waals surface area contributed by atoms with Crippen molar-refractivity contribution in [2.45, 2.75) is 6.92 Å². The number of aryl methyl sites for hydroxylation is 1. The van der Waals surface area contributed by atoms with Crippen LogP contribution in [-0.2, 0) is 0 Å². The number of rotatable bonds is 5. The highest BCUT2D eigenvalue weighted by Crippen LogP contribution is 2.16. The minimum Gasteiger partial charge on any atom is -0.373 e. The molecular weight excluding hydrogens is 230 g/mol. The molecule has 2 aromatic rings. The van der Waals surface area contributed by atoms with Gasteiger partial charge in [0.2, 0.25) is 0 Å². The Bertz CT molecular complexity index is 453. The summed E-state index contributed by atoms with van der Waals surface area (Å²) >= 11 is 1.69. The number of hydrogen-bond acceptors (Lipinski definition) is 4. The molecule has 2 rings (SSSR count). The topological polar surface area (TPSA) is 28.2 Å². The molecule has 0 aliphatic heterocycles. The molecule has 0 spiro atoms. The molecule has 0 amide bonds. The minimum absolute atomic E-state index is 0.901. The zero-order valence-electron chi connectivity index (χ0n) is 10.2. The Morgan fingerprint density at radius 2 is 2.06 bits per heavy atom. The number of anilines is 2. The van der Waals surface area contributed by atoms with Crippen LogP contribution in [0.1, 0.15) is 4.88 Å². The van der Waals surface area contributed by atoms with Gasteiger partial charge in [0.1, 0.15) is 0 Å². The van der Waals surface area contributed by atoms with Crippen molar-refractivity contribution in [3.05, 3.63) is 41.4 Å². The summed E-state index contributed by atoms with van der Waals surface area (Å²) < 4.78 is 0. The smallest absolute Gasteiger partial charge is 0.182 e. The van der Waals surface area contributed by atoms with Crippen LogP contribution in [0.3, 0.4) is 0 Å². The Morgan fingerprint density at radius 3 is 2.71 bits per heavy atom. The van der Waals surface area contributed by atoms with Crippen molar-refractivity contribution in [1.29, 1.82) is 0 Å². The standard InChI is InChI=1S/C13H17N3S/c1-11-10-15-13(17-11)14-8-9-16(2)12-6-4-3-5-7-12/h3-7,10H,8-9H2,1-2H3,(H,14,15). The van der Waals surface area contributed by atoms with Crippen LogP contribution < -0.4 is 10.2 Å². The van der Waals surface area contributed by atoms with E-state index in [4.69, 9.17) is 0 Å². The van der Waals surface area contributed by atoms with Crippen molar-refractivity contribution in [2.75, 3.05) is 30.4 Å². The predicted octanol–water partition coefficient (Wildman–Crippen LogP) is 3.00. The summed E-state index contributed by atoms with van der Waals surface area (Å²) in [5, 5.41) is 4.34. The van der Waals surface area contributed by atoms with Crippen LogP contribution in [0.2, 0.25) is 0 Å². The van der Waals surface area contributed by atoms with E-state index in [1.54, 1.807) is 11.3 Å². The second-order valence-electron chi connectivity index (χ2n) is 3.96. The van der Waals surface area contributed by atoms with E-state index in [0.29, 0.717) is 0 Å². The molecule has 0 radical (unpaired) electrons. The summed E-state index contributed by atoms with van der Waals surface area (Å²) in [6, 6.07) is 10.4. The van der Waals surface area contributed by atoms with Gasteiger partial charge < -0.3 is 10.2 Å². The third kappa shape index (κ3) is 3.46. The van der Waals surface area contributed by atoms with Gasteiger partial charge in [-0.1, -0.05) is 18.2 Å². The second kappa shape index (κ2) is 5.68. The number of likely N-dealkylation sites (N-methyl/N-ethyl adjacent to an activating group) is 1. The lowest BCUT2D eigenvalue weighted by molar-refractivity contribution is 0.913. The monoisotopic (exact) mass is 247 g/mol. The number of nitrogens with zero attached hydrogens (tertiary/aromatic N) is 2. The molecule has 0 fully saturated rings. The van der Waals surface area contributed by atoms with Crippen molar-refractivity contribution in [1.82, 2.24) is 4.98 Å². The lowest BCUT2D eigenvalue weighted by atomic mass is 10.3. The van der Waals surface area contributed by atoms with Gasteiger partial charge >= 0.3 is 0 Å². The van der Waals surface area contributed by atoms with E-state index in [0.717, 1.165) is 18.2 Å². The van der Waals surface area contributed by atoms with Gasteiger partial charge in [-0.3, -0.25) is 0 Å². The molecular formula is C13H17N3S. The van der Waals surface area contributed by atoms with Crippen LogP contribution in [0.15, 0.2) is 36.5 Å². The van der Waals surface area contributed by atoms with Gasteiger partial charge in [-0.2, -0.15) is 0 Å². The van der Waals surface area contributed by atoms with Gasteiger partial charge in [0.15, 0.2) is 5.13 Å². The van der Waals surface area contributed by atoms with Gasteiger partial charge in [-0.25, -0.2) is 4.98 Å². The van der Waals surface area contributed by atoms with E-state index in [2.05, 4.69) is 53.4 Å². The lowest BCUT2D eigenvalue weighted by Gasteiger charge is -2.19. The number of benzene rings is 1. The molecule has 4 heteroatoms. The van der Waals surface area contributed by atoms with Crippen LogP contribution in [0.25, 0.3) is 0 Å². The van der Waals surface area contributed by atoms with Crippen LogP contribution in [0.5, 0.6) is 0 Å². The SMILES string of the molecule is Cc1cnc(NCCN(C)c2ccccc2)s1. The fraction of sp³-hybridized carbons (Fsp3) is 0.308. The Morgan fingerprint density at radius 1 is 1.29 bits per heavy atom. The van der Waals surface area contributed by atoms with Crippen molar-refractivity contribution in [2.24, 2.45) is 0 Å². The van der Waals surface area contributed by atoms with E-state index in [9.17, 15) is 0 Å². The first-order valence-corrected chi connectivity index (χ1v) is 6.50. The predicted molar refractivity (Wildman–Crippen MR) is 75.1 cm³/mol. The molecule has 0 saturated carbocycles. The molecule has 90 valence electrons. The molecule has 1 aromatic carbocycles. The molecule has 1 N–H and O–H groups in total. The first kappa shape index (κ1) is 11.9. The average molecular weight is 247 g/mol. The quantitative estimate of drug-likeness (QED) is 0.880. The highest BCUT2D eigenvalue weighted by molar-refractivity contribution is 7.15. The van der Waals surface area contributed by atoms with Crippen molar-refractivity contribution in [3.63, 3.8) is 0 Å². The van der Waals surface area contributed by atoms with Gasteiger partial charge in [0.05, 0.1) is 0 Å². The Labute approximate surface area is 106 Å². The zero-order chi connectivity index (χ0) is 12.1. The first-order valence-electron chi connectivity index (χ1n) is 5.68. The molecule has 0 aliphatic rings. The van der Waals surface area contributed by atoms with Gasteiger partial charge in [-0.05, 0) is 19.1 Å². The molecule has 17 heavy (non-hydrogen) atoms. The van der Waals surface area contributed by atoms with Crippen LogP contribution >= 0.6 is 11.3 Å². The molecule has 0 unspecified atom stereocenters. The first-order chi connectivity index (χ1) is 8.25. The Balaban J connectivity index is 1.79. The summed E-state index contributed by atoms with van der Waals surface area (Å²) in [5.41, 5.74) is 1.24. The lowest BCUT2D eigenvalue weighted by Crippen LogP contribution is -2.24. The van der Waals surface area contributed by atoms with Gasteiger partial charge in [-0.15, -0.1) is 11.3 Å². The number of thiazole rings is 1. The normalized spacial score (nSPS) is 10.2. The van der Waals surface area contributed by atoms with E-state index < -0.39 is 0 Å². The van der Waals surface area contributed by atoms with Crippen LogP contribution in [0, 0.1) is 6.92 Å². The van der Waals surface area contributed by atoms with Gasteiger partial charge in [0, 0.05) is 36.9 Å². The maximum Gasteiger partial charge on any atom is 0.182 e. The summed E-state index contributed by atoms with van der Waals surface area (Å²) in [6.07, 6.45) is 1.90. The highest BCUT2D eigenvalue weighted by Gasteiger charge is 2.00. The van der Waals surface area contributed by atoms with Crippen molar-refractivity contribution >= 4 is 22.2 Å². The van der Waals surface area contributed by atoms with Crippen molar-refractivity contribution in [3.8, 4) is 0 Å². The molecule has 0 saturated heterocycles. The zero-order valence-corrected chi connectivity index (χ0v) is 11.0. The number of hydrogen-bond donors (Lipinski definition) is 1. The van der Waals surface area contributed by atoms with Crippen LogP contribution in [0.4, 0.5) is 10.8 Å². The maximum absolute atomic E-state index is 4.27. The average Bonchev–Trinajstić information content (AvgIpc) is 2.76. The molecule has 0 aliphatic carbocycles. The highest BCUT2D eigenvalue weighted by atomic mass is 32.1. The van der Waals surface area contributed by atoms with E-state index >= 15 is 0 Å². The molecule has 0 atom stereocenters. The van der Waals surface area contributed by atoms with Crippen LogP contribution in [-0.4, -0.2) is 25.1 Å². The summed E-state index contributed by atoms with van der Waals surface area (Å²) in [5.74, 6) is 0. The molecule has 0 bridgehead atoms. The fourth-order valence-corrected chi connectivity index (χ4v) is 2.27. The third-order valence-electron chi connectivity index (χ3n) is 2.54. The van der Waals surface area contributed by atoms with Gasteiger partial charge in [0.25, 0.3) is 0 Å². The molecule has 3 nitrogen and oxygen atoms in total. The Hall–Kier alpha value is -1.55. The minimum atomic E-state index is 0.901. The number of para-hydroxylation sites is 1. The Kier molecular flexibility index (Phi) is 3.98. The summed E-state index contributed by atoms with van der Waals surface area (Å²) in [4.78, 5) is 7.74. The third-order valence-corrected chi connectivity index (χ3v) is 3.41. The van der Waals surface area contributed by atoms with E-state index in [1.165, 1.54) is 10.6 Å². The number of nitrogens with one attached hydrogen (secondary N) is 1. The summed E-state index contributed by atoms with van der Waals surface area (Å²) in [7, 11) is 2.10. The second-order valence-corrected chi connectivity index (χ2v) is 5.19. The number of aromatic nitrogens is 1. The molecule has 1 heterocycles. The maximum atomic E-state index is 4.27. The summed E-state index contributed by atoms with van der Waals surface area (Å²) in [6.45, 7) is 3.93. The van der Waals surface area contributed by atoms with E-state index in [1.807, 2.05) is 12.3 Å².